The van der Waals surface area contributed by atoms with Crippen LogP contribution in [0, 0.1) is 5.92 Å². The molecular formula is C22H25ClN2O5S. The van der Waals surface area contributed by atoms with Crippen LogP contribution in [0.25, 0.3) is 0 Å². The lowest BCUT2D eigenvalue weighted by Gasteiger charge is -2.31. The molecule has 1 aliphatic rings. The lowest BCUT2D eigenvalue weighted by molar-refractivity contribution is -0.149. The summed E-state index contributed by atoms with van der Waals surface area (Å²) in [5.41, 5.74) is 0.669. The topological polar surface area (TPSA) is 84.0 Å². The third-order valence-electron chi connectivity index (χ3n) is 5.24. The molecule has 3 rings (SSSR count). The Morgan fingerprint density at radius 3 is 2.65 bits per heavy atom. The molecule has 1 atom stereocenters. The normalized spacial score (nSPS) is 16.6. The molecule has 0 bridgehead atoms. The van der Waals surface area contributed by atoms with Crippen molar-refractivity contribution in [3.8, 4) is 0 Å². The summed E-state index contributed by atoms with van der Waals surface area (Å²) in [6.07, 6.45) is 1.35. The van der Waals surface area contributed by atoms with Gasteiger partial charge < -0.3 is 9.64 Å². The first-order chi connectivity index (χ1) is 14.7. The summed E-state index contributed by atoms with van der Waals surface area (Å²) in [7, 11) is -2.46. The molecule has 2 aromatic carbocycles. The molecule has 0 spiro atoms. The van der Waals surface area contributed by atoms with Crippen LogP contribution in [0.4, 0.5) is 5.69 Å². The number of ether oxygens (including phenoxy) is 1. The minimum atomic E-state index is -3.90. The van der Waals surface area contributed by atoms with E-state index in [1.807, 2.05) is 0 Å². The predicted molar refractivity (Wildman–Crippen MR) is 119 cm³/mol. The molecule has 9 heteroatoms. The summed E-state index contributed by atoms with van der Waals surface area (Å²) in [6.45, 7) is 2.81. The predicted octanol–water partition coefficient (Wildman–Crippen LogP) is 3.58. The van der Waals surface area contributed by atoms with E-state index in [1.165, 1.54) is 19.2 Å². The van der Waals surface area contributed by atoms with E-state index < -0.39 is 10.0 Å². The summed E-state index contributed by atoms with van der Waals surface area (Å²) in [6, 6.07) is 12.5. The van der Waals surface area contributed by atoms with Crippen LogP contribution in [0.1, 0.15) is 30.1 Å². The zero-order valence-corrected chi connectivity index (χ0v) is 19.0. The number of likely N-dealkylation sites (tertiary alicyclic amines) is 1. The van der Waals surface area contributed by atoms with Gasteiger partial charge in [-0.3, -0.25) is 13.9 Å². The minimum Gasteiger partial charge on any atom is -0.466 e. The van der Waals surface area contributed by atoms with Crippen molar-refractivity contribution in [2.24, 2.45) is 5.92 Å². The maximum atomic E-state index is 13.1. The smallest absolute Gasteiger partial charge is 0.310 e. The molecule has 0 aromatic heterocycles. The lowest BCUT2D eigenvalue weighted by atomic mass is 9.97. The van der Waals surface area contributed by atoms with Crippen LogP contribution in [0.15, 0.2) is 53.4 Å². The van der Waals surface area contributed by atoms with E-state index >= 15 is 0 Å². The highest BCUT2D eigenvalue weighted by atomic mass is 35.5. The molecule has 1 amide bonds. The zero-order chi connectivity index (χ0) is 22.6. The number of piperidine rings is 1. The van der Waals surface area contributed by atoms with Crippen molar-refractivity contribution in [3.63, 3.8) is 0 Å². The van der Waals surface area contributed by atoms with Crippen LogP contribution in [-0.2, 0) is 19.6 Å². The van der Waals surface area contributed by atoms with Gasteiger partial charge in [0, 0.05) is 30.7 Å². The van der Waals surface area contributed by atoms with Crippen molar-refractivity contribution in [2.45, 2.75) is 24.7 Å². The Labute approximate surface area is 187 Å². The Hall–Kier alpha value is -2.58. The average molecular weight is 465 g/mol. The van der Waals surface area contributed by atoms with Crippen molar-refractivity contribution >= 4 is 39.2 Å². The van der Waals surface area contributed by atoms with E-state index in [0.717, 1.165) is 4.31 Å². The number of hydrogen-bond acceptors (Lipinski definition) is 5. The molecule has 1 saturated heterocycles. The monoisotopic (exact) mass is 464 g/mol. The van der Waals surface area contributed by atoms with Gasteiger partial charge in [0.25, 0.3) is 15.9 Å². The van der Waals surface area contributed by atoms with Crippen molar-refractivity contribution in [1.82, 2.24) is 4.90 Å². The van der Waals surface area contributed by atoms with Crippen LogP contribution in [0.3, 0.4) is 0 Å². The standard InChI is InChI=1S/C22H25ClN2O5S/c1-3-30-22(27)17-8-6-12-25(15-17)21(26)16-7-4-11-20(13-16)31(28,29)24(2)19-10-5-9-18(23)14-19/h4-5,7,9-11,13-14,17H,3,6,8,12,15H2,1-2H3/t17-/m0/s1. The van der Waals surface area contributed by atoms with Crippen molar-refractivity contribution in [2.75, 3.05) is 31.0 Å². The molecule has 1 heterocycles. The molecule has 0 radical (unpaired) electrons. The van der Waals surface area contributed by atoms with Gasteiger partial charge in [0.2, 0.25) is 0 Å². The Balaban J connectivity index is 1.82. The van der Waals surface area contributed by atoms with E-state index in [0.29, 0.717) is 36.7 Å². The number of amides is 1. The highest BCUT2D eigenvalue weighted by Crippen LogP contribution is 2.26. The summed E-state index contributed by atoms with van der Waals surface area (Å²) < 4.78 is 32.4. The average Bonchev–Trinajstić information content (AvgIpc) is 2.78. The van der Waals surface area contributed by atoms with Crippen LogP contribution >= 0.6 is 11.6 Å². The Morgan fingerprint density at radius 2 is 1.94 bits per heavy atom. The van der Waals surface area contributed by atoms with Gasteiger partial charge in [0.15, 0.2) is 0 Å². The van der Waals surface area contributed by atoms with Gasteiger partial charge in [0.05, 0.1) is 23.1 Å². The lowest BCUT2D eigenvalue weighted by Crippen LogP contribution is -2.42. The quantitative estimate of drug-likeness (QED) is 0.610. The largest absolute Gasteiger partial charge is 0.466 e. The molecule has 7 nitrogen and oxygen atoms in total. The minimum absolute atomic E-state index is 0.000206. The fourth-order valence-corrected chi connectivity index (χ4v) is 4.97. The second-order valence-electron chi connectivity index (χ2n) is 7.32. The number of carbonyl (C=O) groups excluding carboxylic acids is 2. The molecule has 0 aliphatic carbocycles. The molecule has 166 valence electrons. The number of benzene rings is 2. The van der Waals surface area contributed by atoms with Crippen LogP contribution < -0.4 is 4.31 Å². The van der Waals surface area contributed by atoms with E-state index in [1.54, 1.807) is 48.2 Å². The third-order valence-corrected chi connectivity index (χ3v) is 7.26. The molecule has 1 fully saturated rings. The number of halogens is 1. The number of anilines is 1. The summed E-state index contributed by atoms with van der Waals surface area (Å²) in [4.78, 5) is 26.7. The zero-order valence-electron chi connectivity index (χ0n) is 17.5. The van der Waals surface area contributed by atoms with Crippen molar-refractivity contribution < 1.29 is 22.7 Å². The summed E-state index contributed by atoms with van der Waals surface area (Å²) >= 11 is 5.99. The summed E-state index contributed by atoms with van der Waals surface area (Å²) in [5, 5.41) is 0.421. The number of carbonyl (C=O) groups is 2. The van der Waals surface area contributed by atoms with Crippen LogP contribution in [0.5, 0.6) is 0 Å². The Bertz CT molecular complexity index is 1070. The molecule has 0 unspecified atom stereocenters. The van der Waals surface area contributed by atoms with Crippen LogP contribution in [-0.4, -0.2) is 51.9 Å². The molecule has 0 saturated carbocycles. The first kappa shape index (κ1) is 23.1. The number of esters is 1. The van der Waals surface area contributed by atoms with Gasteiger partial charge in [-0.05, 0) is 56.2 Å². The highest BCUT2D eigenvalue weighted by Gasteiger charge is 2.30. The van der Waals surface area contributed by atoms with Crippen molar-refractivity contribution in [1.29, 1.82) is 0 Å². The Kier molecular flexibility index (Phi) is 7.23. The van der Waals surface area contributed by atoms with Crippen LogP contribution in [0.2, 0.25) is 5.02 Å². The van der Waals surface area contributed by atoms with Gasteiger partial charge in [-0.25, -0.2) is 8.42 Å². The molecular weight excluding hydrogens is 440 g/mol. The van der Waals surface area contributed by atoms with E-state index in [9.17, 15) is 18.0 Å². The maximum Gasteiger partial charge on any atom is 0.310 e. The number of nitrogens with zero attached hydrogens (tertiary/aromatic N) is 2. The molecule has 0 N–H and O–H groups in total. The maximum absolute atomic E-state index is 13.1. The van der Waals surface area contributed by atoms with Gasteiger partial charge in [-0.2, -0.15) is 0 Å². The number of rotatable bonds is 6. The highest BCUT2D eigenvalue weighted by molar-refractivity contribution is 7.92. The fourth-order valence-electron chi connectivity index (χ4n) is 3.56. The van der Waals surface area contributed by atoms with E-state index in [4.69, 9.17) is 16.3 Å². The fraction of sp³-hybridized carbons (Fsp3) is 0.364. The van der Waals surface area contributed by atoms with E-state index in [-0.39, 0.29) is 34.8 Å². The summed E-state index contributed by atoms with van der Waals surface area (Å²) in [5.74, 6) is -0.977. The Morgan fingerprint density at radius 1 is 1.19 bits per heavy atom. The molecule has 31 heavy (non-hydrogen) atoms. The van der Waals surface area contributed by atoms with Gasteiger partial charge in [-0.15, -0.1) is 0 Å². The number of hydrogen-bond donors (Lipinski definition) is 0. The molecule has 1 aliphatic heterocycles. The van der Waals surface area contributed by atoms with Gasteiger partial charge in [0.1, 0.15) is 0 Å². The second-order valence-corrected chi connectivity index (χ2v) is 9.73. The van der Waals surface area contributed by atoms with Crippen molar-refractivity contribution in [3.05, 3.63) is 59.1 Å². The number of sulfonamides is 1. The molecule has 2 aromatic rings. The van der Waals surface area contributed by atoms with Gasteiger partial charge in [-0.1, -0.05) is 23.7 Å². The first-order valence-corrected chi connectivity index (χ1v) is 11.9. The second kappa shape index (κ2) is 9.70. The SMILES string of the molecule is CCOC(=O)[C@H]1CCCN(C(=O)c2cccc(S(=O)(=O)N(C)c3cccc(Cl)c3)c2)C1. The first-order valence-electron chi connectivity index (χ1n) is 10.0. The third kappa shape index (κ3) is 5.19. The van der Waals surface area contributed by atoms with E-state index in [2.05, 4.69) is 0 Å². The van der Waals surface area contributed by atoms with Gasteiger partial charge >= 0.3 is 5.97 Å².